The van der Waals surface area contributed by atoms with Crippen LogP contribution in [0.4, 0.5) is 11.4 Å². The van der Waals surface area contributed by atoms with Crippen LogP contribution in [0.25, 0.3) is 0 Å². The van der Waals surface area contributed by atoms with Gasteiger partial charge >= 0.3 is 0 Å². The number of amidine groups is 1. The van der Waals surface area contributed by atoms with Crippen LogP contribution in [0.1, 0.15) is 16.7 Å². The summed E-state index contributed by atoms with van der Waals surface area (Å²) in [5.74, 6) is 0.543. The zero-order valence-corrected chi connectivity index (χ0v) is 20.7. The fourth-order valence-corrected chi connectivity index (χ4v) is 4.09. The van der Waals surface area contributed by atoms with Crippen LogP contribution in [0.3, 0.4) is 0 Å². The van der Waals surface area contributed by atoms with Crippen molar-refractivity contribution < 1.29 is 9.13 Å². The van der Waals surface area contributed by atoms with E-state index in [0.717, 1.165) is 16.8 Å². The molecule has 0 aliphatic heterocycles. The molecule has 1 unspecified atom stereocenters. The molecule has 7 heteroatoms. The Hall–Kier alpha value is -4.10. The predicted molar refractivity (Wildman–Crippen MR) is 142 cm³/mol. The van der Waals surface area contributed by atoms with Crippen molar-refractivity contribution in [2.75, 3.05) is 7.05 Å². The van der Waals surface area contributed by atoms with Crippen LogP contribution in [0.5, 0.6) is 0 Å². The third-order valence-electron chi connectivity index (χ3n) is 5.04. The van der Waals surface area contributed by atoms with Gasteiger partial charge < -0.3 is 0 Å². The minimum absolute atomic E-state index is 0.0417. The lowest BCUT2D eigenvalue weighted by Gasteiger charge is -2.20. The average Bonchev–Trinajstić information content (AvgIpc) is 2.89. The van der Waals surface area contributed by atoms with Gasteiger partial charge in [-0.25, -0.2) is 9.20 Å². The van der Waals surface area contributed by atoms with Gasteiger partial charge in [0.2, 0.25) is 0 Å². The summed E-state index contributed by atoms with van der Waals surface area (Å²) in [6.45, 7) is 4.08. The molecule has 4 aromatic carbocycles. The summed E-state index contributed by atoms with van der Waals surface area (Å²) in [6, 6.07) is 33.2. The SMILES string of the molecule is Cc1ccc(N=C(c2ccccc2)N(C)S(=O)c2ccc([N+](=O)[O-])cc2)cc1.Cc1ccccc1. The Balaban J connectivity index is 0.000000420. The second-order valence-electron chi connectivity index (χ2n) is 7.79. The largest absolute Gasteiger partial charge is 0.274 e. The third-order valence-corrected chi connectivity index (χ3v) is 6.38. The normalized spacial score (nSPS) is 11.7. The van der Waals surface area contributed by atoms with E-state index in [-0.39, 0.29) is 5.69 Å². The molecule has 0 saturated carbocycles. The van der Waals surface area contributed by atoms with Gasteiger partial charge in [0.25, 0.3) is 5.69 Å². The molecule has 0 bridgehead atoms. The number of hydrogen-bond acceptors (Lipinski definition) is 4. The molecule has 0 aliphatic carbocycles. The van der Waals surface area contributed by atoms with Gasteiger partial charge in [0, 0.05) is 24.7 Å². The first-order valence-electron chi connectivity index (χ1n) is 11.0. The molecule has 0 radical (unpaired) electrons. The van der Waals surface area contributed by atoms with Crippen LogP contribution in [0.2, 0.25) is 0 Å². The standard InChI is InChI=1S/C21H19N3O3S.C7H8/c1-16-8-10-18(11-9-16)22-21(17-6-4-3-5-7-17)23(2)28(27)20-14-12-19(13-15-20)24(25)26;1-7-5-3-2-4-6-7/h3-15H,1-2H3;2-6H,1H3. The van der Waals surface area contributed by atoms with Gasteiger partial charge in [-0.3, -0.25) is 14.4 Å². The van der Waals surface area contributed by atoms with Gasteiger partial charge in [-0.1, -0.05) is 83.9 Å². The molecular formula is C28H27N3O3S. The summed E-state index contributed by atoms with van der Waals surface area (Å²) in [6.07, 6.45) is 0. The molecule has 0 spiro atoms. The number of nitro groups is 1. The lowest BCUT2D eigenvalue weighted by Crippen LogP contribution is -2.29. The topological polar surface area (TPSA) is 75.8 Å². The molecule has 0 amide bonds. The average molecular weight is 486 g/mol. The van der Waals surface area contributed by atoms with E-state index in [1.165, 1.54) is 29.8 Å². The molecule has 35 heavy (non-hydrogen) atoms. The van der Waals surface area contributed by atoms with Gasteiger partial charge in [0.05, 0.1) is 15.5 Å². The monoisotopic (exact) mass is 485 g/mol. The van der Waals surface area contributed by atoms with Crippen LogP contribution in [0.15, 0.2) is 119 Å². The van der Waals surface area contributed by atoms with Gasteiger partial charge in [0.1, 0.15) is 5.84 Å². The van der Waals surface area contributed by atoms with E-state index >= 15 is 0 Å². The maximum Gasteiger partial charge on any atom is 0.269 e. The Morgan fingerprint density at radius 2 is 1.29 bits per heavy atom. The van der Waals surface area contributed by atoms with Crippen molar-refractivity contribution in [3.8, 4) is 0 Å². The Morgan fingerprint density at radius 1 is 0.771 bits per heavy atom. The summed E-state index contributed by atoms with van der Waals surface area (Å²) >= 11 is 0. The van der Waals surface area contributed by atoms with Gasteiger partial charge in [-0.15, -0.1) is 0 Å². The summed E-state index contributed by atoms with van der Waals surface area (Å²) in [4.78, 5) is 15.5. The molecule has 178 valence electrons. The number of nitro benzene ring substituents is 1. The quantitative estimate of drug-likeness (QED) is 0.138. The van der Waals surface area contributed by atoms with Crippen LogP contribution >= 0.6 is 0 Å². The van der Waals surface area contributed by atoms with Crippen LogP contribution in [0, 0.1) is 24.0 Å². The van der Waals surface area contributed by atoms with E-state index in [9.17, 15) is 14.3 Å². The van der Waals surface area contributed by atoms with Crippen molar-refractivity contribution in [1.29, 1.82) is 0 Å². The number of nitrogens with zero attached hydrogens (tertiary/aromatic N) is 3. The molecular weight excluding hydrogens is 458 g/mol. The number of rotatable bonds is 5. The van der Waals surface area contributed by atoms with Gasteiger partial charge in [0.15, 0.2) is 11.0 Å². The maximum atomic E-state index is 13.1. The minimum Gasteiger partial charge on any atom is -0.274 e. The van der Waals surface area contributed by atoms with Crippen LogP contribution < -0.4 is 0 Å². The van der Waals surface area contributed by atoms with E-state index in [1.807, 2.05) is 79.7 Å². The maximum absolute atomic E-state index is 13.1. The molecule has 0 saturated heterocycles. The zero-order chi connectivity index (χ0) is 25.2. The fourth-order valence-electron chi connectivity index (χ4n) is 3.10. The highest BCUT2D eigenvalue weighted by molar-refractivity contribution is 7.83. The van der Waals surface area contributed by atoms with E-state index in [2.05, 4.69) is 19.1 Å². The van der Waals surface area contributed by atoms with E-state index in [1.54, 1.807) is 11.4 Å². The molecule has 4 aromatic rings. The highest BCUT2D eigenvalue weighted by Crippen LogP contribution is 2.21. The Bertz CT molecular complexity index is 1290. The lowest BCUT2D eigenvalue weighted by atomic mass is 10.2. The first-order chi connectivity index (χ1) is 16.8. The van der Waals surface area contributed by atoms with Crippen molar-refractivity contribution in [2.45, 2.75) is 18.7 Å². The molecule has 0 N–H and O–H groups in total. The summed E-state index contributed by atoms with van der Waals surface area (Å²) in [5, 5.41) is 10.8. The molecule has 0 aliphatic rings. The second kappa shape index (κ2) is 12.4. The van der Waals surface area contributed by atoms with Crippen molar-refractivity contribution in [3.05, 3.63) is 136 Å². The molecule has 0 aromatic heterocycles. The van der Waals surface area contributed by atoms with Crippen molar-refractivity contribution >= 4 is 28.2 Å². The van der Waals surface area contributed by atoms with E-state index in [0.29, 0.717) is 10.7 Å². The molecule has 6 nitrogen and oxygen atoms in total. The molecule has 1 atom stereocenters. The first kappa shape index (κ1) is 25.5. The Morgan fingerprint density at radius 3 is 1.77 bits per heavy atom. The van der Waals surface area contributed by atoms with Crippen LogP contribution in [-0.2, 0) is 11.0 Å². The second-order valence-corrected chi connectivity index (χ2v) is 9.31. The van der Waals surface area contributed by atoms with Crippen molar-refractivity contribution in [1.82, 2.24) is 4.31 Å². The Kier molecular flexibility index (Phi) is 9.03. The van der Waals surface area contributed by atoms with Gasteiger partial charge in [-0.05, 0) is 38.1 Å². The molecule has 0 fully saturated rings. The first-order valence-corrected chi connectivity index (χ1v) is 12.1. The predicted octanol–water partition coefficient (Wildman–Crippen LogP) is 6.63. The fraction of sp³-hybridized carbons (Fsp3) is 0.107. The zero-order valence-electron chi connectivity index (χ0n) is 19.9. The smallest absolute Gasteiger partial charge is 0.269 e. The Labute approximate surface area is 208 Å². The number of aliphatic imine (C=N–C) groups is 1. The van der Waals surface area contributed by atoms with Gasteiger partial charge in [-0.2, -0.15) is 0 Å². The lowest BCUT2D eigenvalue weighted by molar-refractivity contribution is -0.384. The highest BCUT2D eigenvalue weighted by atomic mass is 32.2. The number of aryl methyl sites for hydroxylation is 2. The van der Waals surface area contributed by atoms with Crippen molar-refractivity contribution in [2.24, 2.45) is 4.99 Å². The van der Waals surface area contributed by atoms with Crippen molar-refractivity contribution in [3.63, 3.8) is 0 Å². The molecule has 0 heterocycles. The summed E-state index contributed by atoms with van der Waals surface area (Å²) in [7, 11) is 0.114. The summed E-state index contributed by atoms with van der Waals surface area (Å²) < 4.78 is 14.6. The number of non-ortho nitro benzene ring substituents is 1. The third kappa shape index (κ3) is 7.45. The van der Waals surface area contributed by atoms with E-state index in [4.69, 9.17) is 4.99 Å². The minimum atomic E-state index is -1.58. The van der Waals surface area contributed by atoms with E-state index < -0.39 is 15.9 Å². The number of benzene rings is 4. The summed E-state index contributed by atoms with van der Waals surface area (Å²) in [5.41, 5.74) is 3.98. The molecule has 4 rings (SSSR count). The van der Waals surface area contributed by atoms with Crippen LogP contribution in [-0.4, -0.2) is 26.3 Å². The number of hydrogen-bond donors (Lipinski definition) is 0. The highest BCUT2D eigenvalue weighted by Gasteiger charge is 2.18.